The van der Waals surface area contributed by atoms with Crippen molar-refractivity contribution in [2.24, 2.45) is 0 Å². The average Bonchev–Trinajstić information content (AvgIpc) is 2.06. The molecule has 0 radical (unpaired) electrons. The number of ether oxygens (including phenoxy) is 1. The molecule has 15 heavy (non-hydrogen) atoms. The number of rotatable bonds is 3. The third kappa shape index (κ3) is 2.78. The molecule has 0 saturated heterocycles. The van der Waals surface area contributed by atoms with E-state index < -0.39 is 11.8 Å². The summed E-state index contributed by atoms with van der Waals surface area (Å²) in [6.07, 6.45) is -3.87. The lowest BCUT2D eigenvalue weighted by Gasteiger charge is -2.26. The fourth-order valence-corrected chi connectivity index (χ4v) is 0.805. The molecular formula is C10H12F3NO. The Balaban J connectivity index is 2.82. The molecule has 0 aliphatic heterocycles. The van der Waals surface area contributed by atoms with Gasteiger partial charge in [-0.1, -0.05) is 0 Å². The maximum absolute atomic E-state index is 13.1. The molecule has 0 heterocycles. The van der Waals surface area contributed by atoms with Crippen molar-refractivity contribution in [3.8, 4) is 5.75 Å². The second kappa shape index (κ2) is 3.64. The van der Waals surface area contributed by atoms with Gasteiger partial charge in [0.25, 0.3) is 0 Å². The summed E-state index contributed by atoms with van der Waals surface area (Å²) in [5.41, 5.74) is 3.04. The molecular weight excluding hydrogens is 207 g/mol. The number of nitrogen functional groups attached to an aromatic ring is 1. The van der Waals surface area contributed by atoms with Crippen molar-refractivity contribution in [1.82, 2.24) is 0 Å². The molecule has 1 rings (SSSR count). The molecule has 0 atom stereocenters. The Morgan fingerprint density at radius 2 is 1.53 bits per heavy atom. The van der Waals surface area contributed by atoms with E-state index in [0.717, 1.165) is 13.8 Å². The fourth-order valence-electron chi connectivity index (χ4n) is 0.805. The Morgan fingerprint density at radius 1 is 1.07 bits per heavy atom. The zero-order valence-corrected chi connectivity index (χ0v) is 8.43. The van der Waals surface area contributed by atoms with Crippen LogP contribution in [-0.2, 0) is 0 Å². The highest BCUT2D eigenvalue weighted by atomic mass is 19.3. The highest BCUT2D eigenvalue weighted by Crippen LogP contribution is 2.34. The number of hydrogen-bond acceptors (Lipinski definition) is 2. The van der Waals surface area contributed by atoms with Gasteiger partial charge in [-0.25, -0.2) is 4.39 Å². The highest BCUT2D eigenvalue weighted by Gasteiger charge is 2.50. The first-order chi connectivity index (χ1) is 6.72. The number of alkyl halides is 3. The van der Waals surface area contributed by atoms with E-state index in [1.807, 2.05) is 0 Å². The van der Waals surface area contributed by atoms with Gasteiger partial charge in [0.15, 0.2) is 0 Å². The van der Waals surface area contributed by atoms with E-state index in [0.29, 0.717) is 5.69 Å². The summed E-state index contributed by atoms with van der Waals surface area (Å²) in [5.74, 6) is -0.125. The molecule has 1 aromatic carbocycles. The maximum atomic E-state index is 13.1. The fraction of sp³-hybridized carbons (Fsp3) is 0.400. The SMILES string of the molecule is CC(C)(F)C(F)(F)Oc1ccc(N)cc1. The van der Waals surface area contributed by atoms with Gasteiger partial charge in [-0.2, -0.15) is 8.78 Å². The molecule has 0 fully saturated rings. The number of anilines is 1. The summed E-state index contributed by atoms with van der Waals surface area (Å²) < 4.78 is 43.5. The van der Waals surface area contributed by atoms with Gasteiger partial charge in [-0.05, 0) is 38.1 Å². The first-order valence-corrected chi connectivity index (χ1v) is 4.34. The molecule has 5 heteroatoms. The third-order valence-corrected chi connectivity index (χ3v) is 1.82. The Labute approximate surface area is 85.8 Å². The molecule has 0 bridgehead atoms. The van der Waals surface area contributed by atoms with Crippen LogP contribution >= 0.6 is 0 Å². The van der Waals surface area contributed by atoms with Crippen molar-refractivity contribution < 1.29 is 17.9 Å². The summed E-state index contributed by atoms with van der Waals surface area (Å²) in [7, 11) is 0. The highest BCUT2D eigenvalue weighted by molar-refractivity contribution is 5.41. The topological polar surface area (TPSA) is 35.2 Å². The number of nitrogens with two attached hydrogens (primary N) is 1. The summed E-state index contributed by atoms with van der Waals surface area (Å²) in [6, 6.07) is 5.32. The molecule has 0 amide bonds. The zero-order valence-electron chi connectivity index (χ0n) is 8.43. The molecule has 2 nitrogen and oxygen atoms in total. The smallest absolute Gasteiger partial charge is 0.430 e. The van der Waals surface area contributed by atoms with Crippen molar-refractivity contribution in [2.75, 3.05) is 5.73 Å². The second-order valence-corrected chi connectivity index (χ2v) is 3.66. The Hall–Kier alpha value is -1.39. The second-order valence-electron chi connectivity index (χ2n) is 3.66. The lowest BCUT2D eigenvalue weighted by atomic mass is 10.1. The van der Waals surface area contributed by atoms with Crippen molar-refractivity contribution in [3.05, 3.63) is 24.3 Å². The van der Waals surface area contributed by atoms with E-state index in [1.54, 1.807) is 0 Å². The number of halogens is 3. The van der Waals surface area contributed by atoms with E-state index in [2.05, 4.69) is 4.74 Å². The summed E-state index contributed by atoms with van der Waals surface area (Å²) in [4.78, 5) is 0. The van der Waals surface area contributed by atoms with Gasteiger partial charge in [0.05, 0.1) is 0 Å². The lowest BCUT2D eigenvalue weighted by Crippen LogP contribution is -2.43. The predicted molar refractivity (Wildman–Crippen MR) is 51.6 cm³/mol. The van der Waals surface area contributed by atoms with Gasteiger partial charge in [-0.3, -0.25) is 0 Å². The van der Waals surface area contributed by atoms with Crippen molar-refractivity contribution in [2.45, 2.75) is 25.6 Å². The molecule has 0 aromatic heterocycles. The van der Waals surface area contributed by atoms with E-state index >= 15 is 0 Å². The monoisotopic (exact) mass is 219 g/mol. The average molecular weight is 219 g/mol. The molecule has 0 aliphatic rings. The van der Waals surface area contributed by atoms with Crippen LogP contribution < -0.4 is 10.5 Å². The molecule has 0 saturated carbocycles. The largest absolute Gasteiger partial charge is 0.432 e. The normalized spacial score (nSPS) is 12.6. The van der Waals surface area contributed by atoms with Gasteiger partial charge in [-0.15, -0.1) is 0 Å². The van der Waals surface area contributed by atoms with Gasteiger partial charge >= 0.3 is 6.11 Å². The third-order valence-electron chi connectivity index (χ3n) is 1.82. The lowest BCUT2D eigenvalue weighted by molar-refractivity contribution is -0.252. The number of benzene rings is 1. The Bertz CT molecular complexity index is 330. The molecule has 1 aromatic rings. The van der Waals surface area contributed by atoms with Crippen LogP contribution in [0, 0.1) is 0 Å². The molecule has 84 valence electrons. The van der Waals surface area contributed by atoms with Crippen LogP contribution in [0.25, 0.3) is 0 Å². The molecule has 0 unspecified atom stereocenters. The summed E-state index contributed by atoms with van der Waals surface area (Å²) >= 11 is 0. The van der Waals surface area contributed by atoms with Gasteiger partial charge in [0, 0.05) is 5.69 Å². The Morgan fingerprint density at radius 3 is 1.93 bits per heavy atom. The molecule has 0 spiro atoms. The van der Waals surface area contributed by atoms with Crippen molar-refractivity contribution >= 4 is 5.69 Å². The van der Waals surface area contributed by atoms with Crippen LogP contribution in [0.2, 0.25) is 0 Å². The van der Waals surface area contributed by atoms with E-state index in [-0.39, 0.29) is 5.75 Å². The standard InChI is InChI=1S/C10H12F3NO/c1-9(2,11)10(12,13)15-8-5-3-7(14)4-6-8/h3-6H,14H2,1-2H3. The zero-order chi connectivity index (χ0) is 11.7. The first-order valence-electron chi connectivity index (χ1n) is 4.34. The van der Waals surface area contributed by atoms with Crippen molar-refractivity contribution in [3.63, 3.8) is 0 Å². The molecule has 0 aliphatic carbocycles. The van der Waals surface area contributed by atoms with E-state index in [4.69, 9.17) is 5.73 Å². The van der Waals surface area contributed by atoms with Gasteiger partial charge in [0.1, 0.15) is 5.75 Å². The minimum Gasteiger partial charge on any atom is -0.430 e. The molecule has 2 N–H and O–H groups in total. The van der Waals surface area contributed by atoms with Crippen LogP contribution in [0.1, 0.15) is 13.8 Å². The maximum Gasteiger partial charge on any atom is 0.432 e. The predicted octanol–water partition coefficient (Wildman–Crippen LogP) is 2.99. The quantitative estimate of drug-likeness (QED) is 0.793. The van der Waals surface area contributed by atoms with Crippen LogP contribution in [-0.4, -0.2) is 11.8 Å². The van der Waals surface area contributed by atoms with Crippen molar-refractivity contribution in [1.29, 1.82) is 0 Å². The Kier molecular flexibility index (Phi) is 2.83. The van der Waals surface area contributed by atoms with Gasteiger partial charge in [0.2, 0.25) is 5.67 Å². The number of hydrogen-bond donors (Lipinski definition) is 1. The van der Waals surface area contributed by atoms with Gasteiger partial charge < -0.3 is 10.5 Å². The summed E-state index contributed by atoms with van der Waals surface area (Å²) in [5, 5.41) is 0. The minimum absolute atomic E-state index is 0.125. The van der Waals surface area contributed by atoms with E-state index in [9.17, 15) is 13.2 Å². The van der Waals surface area contributed by atoms with Crippen LogP contribution in [0.5, 0.6) is 5.75 Å². The van der Waals surface area contributed by atoms with E-state index in [1.165, 1.54) is 24.3 Å². The van der Waals surface area contributed by atoms with Crippen LogP contribution in [0.4, 0.5) is 18.9 Å². The minimum atomic E-state index is -3.87. The summed E-state index contributed by atoms with van der Waals surface area (Å²) in [6.45, 7) is 1.51. The first kappa shape index (κ1) is 11.7. The van der Waals surface area contributed by atoms with Crippen LogP contribution in [0.15, 0.2) is 24.3 Å². The van der Waals surface area contributed by atoms with Crippen LogP contribution in [0.3, 0.4) is 0 Å².